The van der Waals surface area contributed by atoms with Gasteiger partial charge in [0.25, 0.3) is 0 Å². The monoisotopic (exact) mass is 937 g/mol. The molecular formula is C61H108O6. The van der Waals surface area contributed by atoms with Gasteiger partial charge in [-0.1, -0.05) is 248 Å². The highest BCUT2D eigenvalue weighted by molar-refractivity contribution is 5.71. The molecule has 1 unspecified atom stereocenters. The number of hydrogen-bond donors (Lipinski definition) is 0. The van der Waals surface area contributed by atoms with Crippen molar-refractivity contribution in [2.45, 2.75) is 297 Å². The molecule has 6 nitrogen and oxygen atoms in total. The van der Waals surface area contributed by atoms with Crippen molar-refractivity contribution in [2.75, 3.05) is 13.2 Å². The second-order valence-corrected chi connectivity index (χ2v) is 19.2. The summed E-state index contributed by atoms with van der Waals surface area (Å²) < 4.78 is 16.8. The third-order valence-electron chi connectivity index (χ3n) is 12.5. The van der Waals surface area contributed by atoms with E-state index in [0.29, 0.717) is 19.3 Å². The van der Waals surface area contributed by atoms with Crippen LogP contribution in [0.15, 0.2) is 60.8 Å². The second-order valence-electron chi connectivity index (χ2n) is 19.2. The fourth-order valence-corrected chi connectivity index (χ4v) is 8.19. The Balaban J connectivity index is 4.35. The Hall–Kier alpha value is -2.89. The normalized spacial score (nSPS) is 12.5. The highest BCUT2D eigenvalue weighted by atomic mass is 16.6. The molecule has 0 aliphatic rings. The zero-order chi connectivity index (χ0) is 48.6. The molecule has 388 valence electrons. The number of ether oxygens (including phenoxy) is 3. The summed E-state index contributed by atoms with van der Waals surface area (Å²) in [7, 11) is 0. The minimum absolute atomic E-state index is 0.0844. The smallest absolute Gasteiger partial charge is 0.306 e. The van der Waals surface area contributed by atoms with Crippen LogP contribution in [0, 0.1) is 0 Å². The van der Waals surface area contributed by atoms with Crippen molar-refractivity contribution in [1.82, 2.24) is 0 Å². The van der Waals surface area contributed by atoms with Crippen molar-refractivity contribution >= 4 is 17.9 Å². The molecule has 0 rings (SSSR count). The number of allylic oxidation sites excluding steroid dienone is 10. The number of rotatable bonds is 52. The van der Waals surface area contributed by atoms with E-state index in [1.54, 1.807) is 0 Å². The Morgan fingerprint density at radius 3 is 0.955 bits per heavy atom. The fraction of sp³-hybridized carbons (Fsp3) is 0.787. The van der Waals surface area contributed by atoms with Crippen molar-refractivity contribution in [1.29, 1.82) is 0 Å². The molecule has 0 aromatic rings. The van der Waals surface area contributed by atoms with Crippen LogP contribution in [0.25, 0.3) is 0 Å². The van der Waals surface area contributed by atoms with Gasteiger partial charge in [0.05, 0.1) is 0 Å². The largest absolute Gasteiger partial charge is 0.462 e. The van der Waals surface area contributed by atoms with Gasteiger partial charge in [0, 0.05) is 19.3 Å². The van der Waals surface area contributed by atoms with Crippen LogP contribution in [0.1, 0.15) is 290 Å². The summed E-state index contributed by atoms with van der Waals surface area (Å²) in [5, 5.41) is 0. The molecule has 0 aromatic heterocycles. The van der Waals surface area contributed by atoms with Crippen LogP contribution in [-0.2, 0) is 28.6 Å². The Labute approximate surface area is 415 Å². The van der Waals surface area contributed by atoms with E-state index in [1.807, 2.05) is 0 Å². The third-order valence-corrected chi connectivity index (χ3v) is 12.5. The van der Waals surface area contributed by atoms with E-state index in [4.69, 9.17) is 14.2 Å². The first-order valence-electron chi connectivity index (χ1n) is 28.8. The van der Waals surface area contributed by atoms with Gasteiger partial charge in [-0.15, -0.1) is 0 Å². The van der Waals surface area contributed by atoms with Gasteiger partial charge in [-0.3, -0.25) is 14.4 Å². The predicted molar refractivity (Wildman–Crippen MR) is 288 cm³/mol. The van der Waals surface area contributed by atoms with E-state index in [0.717, 1.165) is 103 Å². The van der Waals surface area contributed by atoms with Gasteiger partial charge in [0.15, 0.2) is 6.10 Å². The van der Waals surface area contributed by atoms with E-state index in [2.05, 4.69) is 81.5 Å². The molecule has 0 aliphatic heterocycles. The minimum Gasteiger partial charge on any atom is -0.462 e. The summed E-state index contributed by atoms with van der Waals surface area (Å²) in [5.74, 6) is -0.907. The fourth-order valence-electron chi connectivity index (χ4n) is 8.19. The highest BCUT2D eigenvalue weighted by Crippen LogP contribution is 2.16. The molecule has 0 saturated carbocycles. The van der Waals surface area contributed by atoms with Gasteiger partial charge < -0.3 is 14.2 Å². The molecule has 0 amide bonds. The second kappa shape index (κ2) is 55.7. The van der Waals surface area contributed by atoms with E-state index in [1.165, 1.54) is 148 Å². The summed E-state index contributed by atoms with van der Waals surface area (Å²) in [6, 6.07) is 0. The standard InChI is InChI=1S/C61H108O6/c1-4-7-10-13-16-19-22-25-27-29-30-31-33-34-36-39-42-45-48-51-54-60(63)66-57-58(56-65-59(62)53-50-47-44-41-38-24-21-18-15-12-9-6-3)67-61(64)55-52-49-46-43-40-37-35-32-28-26-23-20-17-14-11-8-5-2/h8,11,17-18,20-21,26,28,35,37,58H,4-7,9-10,12-16,19,22-25,27,29-34,36,38-57H2,1-3H3/b11-8-,20-17-,21-18-,28-26-,37-35-. The first-order valence-corrected chi connectivity index (χ1v) is 28.8. The van der Waals surface area contributed by atoms with Crippen LogP contribution in [-0.4, -0.2) is 37.2 Å². The maximum Gasteiger partial charge on any atom is 0.306 e. The lowest BCUT2D eigenvalue weighted by atomic mass is 10.0. The predicted octanol–water partition coefficient (Wildman–Crippen LogP) is 19.2. The van der Waals surface area contributed by atoms with Crippen molar-refractivity contribution in [2.24, 2.45) is 0 Å². The summed E-state index contributed by atoms with van der Waals surface area (Å²) in [6.07, 6.45) is 69.3. The molecule has 0 N–H and O–H groups in total. The first-order chi connectivity index (χ1) is 33.0. The maximum atomic E-state index is 12.8. The molecule has 0 heterocycles. The lowest BCUT2D eigenvalue weighted by molar-refractivity contribution is -0.167. The highest BCUT2D eigenvalue weighted by Gasteiger charge is 2.19. The minimum atomic E-state index is -0.788. The molecule has 0 aromatic carbocycles. The van der Waals surface area contributed by atoms with Crippen molar-refractivity contribution < 1.29 is 28.6 Å². The maximum absolute atomic E-state index is 12.8. The quantitative estimate of drug-likeness (QED) is 0.0262. The third kappa shape index (κ3) is 53.9. The lowest BCUT2D eigenvalue weighted by Crippen LogP contribution is -2.30. The summed E-state index contributed by atoms with van der Waals surface area (Å²) in [4.78, 5) is 38.1. The van der Waals surface area contributed by atoms with E-state index >= 15 is 0 Å². The average molecular weight is 938 g/mol. The van der Waals surface area contributed by atoms with Gasteiger partial charge in [0.2, 0.25) is 0 Å². The van der Waals surface area contributed by atoms with E-state index in [9.17, 15) is 14.4 Å². The van der Waals surface area contributed by atoms with Crippen LogP contribution in [0.4, 0.5) is 0 Å². The molecule has 0 bridgehead atoms. The molecule has 0 saturated heterocycles. The number of esters is 3. The zero-order valence-corrected chi connectivity index (χ0v) is 44.4. The van der Waals surface area contributed by atoms with Crippen molar-refractivity contribution in [3.63, 3.8) is 0 Å². The lowest BCUT2D eigenvalue weighted by Gasteiger charge is -2.18. The van der Waals surface area contributed by atoms with Gasteiger partial charge >= 0.3 is 17.9 Å². The number of carbonyl (C=O) groups excluding carboxylic acids is 3. The Kier molecular flexibility index (Phi) is 53.3. The van der Waals surface area contributed by atoms with Gasteiger partial charge in [-0.05, 0) is 83.5 Å². The van der Waals surface area contributed by atoms with Crippen LogP contribution < -0.4 is 0 Å². The molecule has 0 fully saturated rings. The van der Waals surface area contributed by atoms with Gasteiger partial charge in [-0.2, -0.15) is 0 Å². The van der Waals surface area contributed by atoms with Crippen LogP contribution in [0.3, 0.4) is 0 Å². The Morgan fingerprint density at radius 1 is 0.313 bits per heavy atom. The molecule has 1 atom stereocenters. The SMILES string of the molecule is CC/C=C\C/C=C\C/C=C\C/C=C\CCCCCCC(=O)OC(COC(=O)CCCCCCC/C=C\CCCCC)COC(=O)CCCCCCCCCCCCCCCCCCCCCC. The first kappa shape index (κ1) is 64.1. The van der Waals surface area contributed by atoms with E-state index in [-0.39, 0.29) is 31.1 Å². The van der Waals surface area contributed by atoms with Crippen LogP contribution in [0.2, 0.25) is 0 Å². The van der Waals surface area contributed by atoms with Crippen molar-refractivity contribution in [3.8, 4) is 0 Å². The molecule has 0 spiro atoms. The van der Waals surface area contributed by atoms with Crippen LogP contribution in [0.5, 0.6) is 0 Å². The Bertz CT molecular complexity index is 1210. The van der Waals surface area contributed by atoms with E-state index < -0.39 is 6.10 Å². The molecule has 0 aliphatic carbocycles. The average Bonchev–Trinajstić information content (AvgIpc) is 3.33. The summed E-state index contributed by atoms with van der Waals surface area (Å²) in [6.45, 7) is 6.50. The van der Waals surface area contributed by atoms with Crippen molar-refractivity contribution in [3.05, 3.63) is 60.8 Å². The number of carbonyl (C=O) groups is 3. The topological polar surface area (TPSA) is 78.9 Å². The molecular weight excluding hydrogens is 829 g/mol. The van der Waals surface area contributed by atoms with Gasteiger partial charge in [0.1, 0.15) is 13.2 Å². The molecule has 6 heteroatoms. The number of unbranched alkanes of at least 4 members (excludes halogenated alkanes) is 31. The zero-order valence-electron chi connectivity index (χ0n) is 44.4. The summed E-state index contributed by atoms with van der Waals surface area (Å²) >= 11 is 0. The number of hydrogen-bond acceptors (Lipinski definition) is 6. The summed E-state index contributed by atoms with van der Waals surface area (Å²) in [5.41, 5.74) is 0. The molecule has 67 heavy (non-hydrogen) atoms. The molecule has 0 radical (unpaired) electrons. The van der Waals surface area contributed by atoms with Gasteiger partial charge in [-0.25, -0.2) is 0 Å². The Morgan fingerprint density at radius 2 is 0.582 bits per heavy atom. The van der Waals surface area contributed by atoms with Crippen LogP contribution >= 0.6 is 0 Å².